The summed E-state index contributed by atoms with van der Waals surface area (Å²) in [4.78, 5) is 14.9. The Balaban J connectivity index is 1.95. The van der Waals surface area contributed by atoms with Gasteiger partial charge in [0.15, 0.2) is 0 Å². The van der Waals surface area contributed by atoms with Gasteiger partial charge in [-0.25, -0.2) is 0 Å². The van der Waals surface area contributed by atoms with Crippen LogP contribution in [0.5, 0.6) is 0 Å². The molecule has 1 fully saturated rings. The Kier molecular flexibility index (Phi) is 3.22. The van der Waals surface area contributed by atoms with E-state index < -0.39 is 5.97 Å². The molecule has 1 aliphatic carbocycles. The number of pyridine rings is 1. The summed E-state index contributed by atoms with van der Waals surface area (Å²) >= 11 is 0. The number of nitrogens with zero attached hydrogens (tertiary/aromatic N) is 1. The Morgan fingerprint density at radius 2 is 2.50 bits per heavy atom. The quantitative estimate of drug-likeness (QED) is 0.828. The average molecular weight is 219 g/mol. The van der Waals surface area contributed by atoms with Gasteiger partial charge >= 0.3 is 5.97 Å². The maximum atomic E-state index is 10.8. The normalized spacial score (nSPS) is 25.1. The second-order valence-corrected chi connectivity index (χ2v) is 4.57. The van der Waals surface area contributed by atoms with Gasteiger partial charge in [-0.05, 0) is 42.7 Å². The largest absolute Gasteiger partial charge is 0.481 e. The van der Waals surface area contributed by atoms with Crippen molar-refractivity contribution in [2.24, 2.45) is 11.8 Å². The smallest absolute Gasteiger partial charge is 0.306 e. The van der Waals surface area contributed by atoms with Crippen LogP contribution in [-0.4, -0.2) is 16.1 Å². The molecule has 1 heterocycles. The van der Waals surface area contributed by atoms with Crippen LogP contribution < -0.4 is 0 Å². The molecule has 0 amide bonds. The molecule has 0 aliphatic heterocycles. The monoisotopic (exact) mass is 219 g/mol. The molecular formula is C13H17NO2. The van der Waals surface area contributed by atoms with Crippen LogP contribution in [0, 0.1) is 11.8 Å². The highest BCUT2D eigenvalue weighted by Gasteiger charge is 2.43. The highest BCUT2D eigenvalue weighted by molar-refractivity contribution is 5.73. The molecule has 3 heteroatoms. The molecule has 1 saturated carbocycles. The van der Waals surface area contributed by atoms with Gasteiger partial charge in [0.25, 0.3) is 0 Å². The van der Waals surface area contributed by atoms with Crippen LogP contribution in [0.1, 0.15) is 37.7 Å². The lowest BCUT2D eigenvalue weighted by Gasteiger charge is -2.14. The van der Waals surface area contributed by atoms with E-state index in [0.717, 1.165) is 19.3 Å². The summed E-state index contributed by atoms with van der Waals surface area (Å²) < 4.78 is 0. The molecule has 3 unspecified atom stereocenters. The van der Waals surface area contributed by atoms with Crippen molar-refractivity contribution < 1.29 is 9.90 Å². The zero-order valence-electron chi connectivity index (χ0n) is 9.47. The van der Waals surface area contributed by atoms with E-state index in [1.54, 1.807) is 6.20 Å². The predicted molar refractivity (Wildman–Crippen MR) is 61.1 cm³/mol. The minimum absolute atomic E-state index is 0.0919. The van der Waals surface area contributed by atoms with E-state index in [4.69, 9.17) is 5.11 Å². The fraction of sp³-hybridized carbons (Fsp3) is 0.538. The summed E-state index contributed by atoms with van der Waals surface area (Å²) in [6.07, 6.45) is 6.56. The summed E-state index contributed by atoms with van der Waals surface area (Å²) in [5, 5.41) is 8.87. The Bertz CT molecular complexity index is 363. The van der Waals surface area contributed by atoms with Crippen molar-refractivity contribution in [3.63, 3.8) is 0 Å². The number of aromatic nitrogens is 1. The maximum absolute atomic E-state index is 10.8. The summed E-state index contributed by atoms with van der Waals surface area (Å²) in [6.45, 7) is 2.15. The van der Waals surface area contributed by atoms with E-state index in [9.17, 15) is 4.79 Å². The number of rotatable bonds is 5. The Labute approximate surface area is 95.5 Å². The van der Waals surface area contributed by atoms with Crippen LogP contribution in [0.4, 0.5) is 0 Å². The van der Waals surface area contributed by atoms with Gasteiger partial charge in [0, 0.05) is 12.4 Å². The molecule has 16 heavy (non-hydrogen) atoms. The lowest BCUT2D eigenvalue weighted by molar-refractivity contribution is -0.138. The van der Waals surface area contributed by atoms with Gasteiger partial charge < -0.3 is 5.11 Å². The standard InChI is InChI=1S/C13H17NO2/c1-2-9(10-4-3-5-14-8-10)6-11-7-12(11)13(15)16/h3-5,8-9,11-12H,2,6-7H2,1H3,(H,15,16). The van der Waals surface area contributed by atoms with Crippen LogP contribution in [0.2, 0.25) is 0 Å². The second kappa shape index (κ2) is 4.64. The van der Waals surface area contributed by atoms with Crippen molar-refractivity contribution in [2.75, 3.05) is 0 Å². The molecule has 0 saturated heterocycles. The van der Waals surface area contributed by atoms with Crippen LogP contribution in [-0.2, 0) is 4.79 Å². The summed E-state index contributed by atoms with van der Waals surface area (Å²) in [6, 6.07) is 4.03. The van der Waals surface area contributed by atoms with Crippen molar-refractivity contribution in [1.82, 2.24) is 4.98 Å². The first-order chi connectivity index (χ1) is 7.72. The molecule has 86 valence electrons. The van der Waals surface area contributed by atoms with E-state index in [1.165, 1.54) is 5.56 Å². The summed E-state index contributed by atoms with van der Waals surface area (Å²) in [5.74, 6) is 0.113. The highest BCUT2D eigenvalue weighted by Crippen LogP contribution is 2.45. The Morgan fingerprint density at radius 1 is 1.69 bits per heavy atom. The zero-order valence-corrected chi connectivity index (χ0v) is 9.47. The fourth-order valence-electron chi connectivity index (χ4n) is 2.33. The van der Waals surface area contributed by atoms with Gasteiger partial charge in [0.05, 0.1) is 5.92 Å². The topological polar surface area (TPSA) is 50.2 Å². The summed E-state index contributed by atoms with van der Waals surface area (Å²) in [5.41, 5.74) is 1.24. The van der Waals surface area contributed by atoms with Gasteiger partial charge in [-0.15, -0.1) is 0 Å². The number of aliphatic carboxylic acids is 1. The molecule has 0 spiro atoms. The SMILES string of the molecule is CCC(CC1CC1C(=O)O)c1cccnc1. The summed E-state index contributed by atoms with van der Waals surface area (Å²) in [7, 11) is 0. The van der Waals surface area contributed by atoms with E-state index in [1.807, 2.05) is 12.3 Å². The molecule has 2 rings (SSSR count). The van der Waals surface area contributed by atoms with Gasteiger partial charge in [-0.3, -0.25) is 9.78 Å². The molecule has 0 bridgehead atoms. The van der Waals surface area contributed by atoms with E-state index in [-0.39, 0.29) is 5.92 Å². The van der Waals surface area contributed by atoms with Crippen LogP contribution >= 0.6 is 0 Å². The van der Waals surface area contributed by atoms with Gasteiger partial charge in [-0.2, -0.15) is 0 Å². The van der Waals surface area contributed by atoms with Crippen molar-refractivity contribution in [3.8, 4) is 0 Å². The van der Waals surface area contributed by atoms with Crippen LogP contribution in [0.3, 0.4) is 0 Å². The third-order valence-corrected chi connectivity index (χ3v) is 3.48. The molecule has 3 nitrogen and oxygen atoms in total. The Morgan fingerprint density at radius 3 is 3.00 bits per heavy atom. The first-order valence-electron chi connectivity index (χ1n) is 5.85. The van der Waals surface area contributed by atoms with Crippen molar-refractivity contribution >= 4 is 5.97 Å². The zero-order chi connectivity index (χ0) is 11.5. The van der Waals surface area contributed by atoms with Gasteiger partial charge in [0.2, 0.25) is 0 Å². The van der Waals surface area contributed by atoms with Crippen molar-refractivity contribution in [3.05, 3.63) is 30.1 Å². The molecule has 1 aromatic rings. The average Bonchev–Trinajstić information content (AvgIpc) is 3.06. The van der Waals surface area contributed by atoms with E-state index >= 15 is 0 Å². The second-order valence-electron chi connectivity index (χ2n) is 4.57. The Hall–Kier alpha value is -1.38. The third kappa shape index (κ3) is 2.40. The molecule has 1 aliphatic rings. The number of hydrogen-bond acceptors (Lipinski definition) is 2. The minimum atomic E-state index is -0.633. The molecule has 1 N–H and O–H groups in total. The lowest BCUT2D eigenvalue weighted by Crippen LogP contribution is -2.04. The molecular weight excluding hydrogens is 202 g/mol. The number of carboxylic acid groups (broad SMARTS) is 1. The van der Waals surface area contributed by atoms with Crippen LogP contribution in [0.15, 0.2) is 24.5 Å². The molecule has 0 aromatic carbocycles. The first kappa shape index (κ1) is 11.1. The molecule has 1 aromatic heterocycles. The highest BCUT2D eigenvalue weighted by atomic mass is 16.4. The predicted octanol–water partition coefficient (Wildman–Crippen LogP) is 2.69. The number of hydrogen-bond donors (Lipinski definition) is 1. The fourth-order valence-corrected chi connectivity index (χ4v) is 2.33. The number of carbonyl (C=O) groups is 1. The van der Waals surface area contributed by atoms with Gasteiger partial charge in [-0.1, -0.05) is 13.0 Å². The van der Waals surface area contributed by atoms with Crippen molar-refractivity contribution in [1.29, 1.82) is 0 Å². The molecule has 0 radical (unpaired) electrons. The maximum Gasteiger partial charge on any atom is 0.306 e. The van der Waals surface area contributed by atoms with Crippen LogP contribution in [0.25, 0.3) is 0 Å². The lowest BCUT2D eigenvalue weighted by atomic mass is 9.92. The molecule has 3 atom stereocenters. The van der Waals surface area contributed by atoms with E-state index in [2.05, 4.69) is 18.0 Å². The van der Waals surface area contributed by atoms with Gasteiger partial charge in [0.1, 0.15) is 0 Å². The first-order valence-corrected chi connectivity index (χ1v) is 5.85. The minimum Gasteiger partial charge on any atom is -0.481 e. The third-order valence-electron chi connectivity index (χ3n) is 3.48. The van der Waals surface area contributed by atoms with E-state index in [0.29, 0.717) is 11.8 Å². The van der Waals surface area contributed by atoms with Crippen molar-refractivity contribution in [2.45, 2.75) is 32.1 Å². The number of carboxylic acids is 1.